The molecule has 0 aliphatic carbocycles. The summed E-state index contributed by atoms with van der Waals surface area (Å²) in [6, 6.07) is 41.2. The Kier molecular flexibility index (Phi) is 13.2. The maximum absolute atomic E-state index is 11.7. The Morgan fingerprint density at radius 1 is 0.519 bits per heavy atom. The highest BCUT2D eigenvalue weighted by atomic mass is 16.6. The third-order valence-corrected chi connectivity index (χ3v) is 9.01. The number of hydrogen-bond acceptors (Lipinski definition) is 9. The molecule has 0 aromatic heterocycles. The fraction of sp³-hybridized carbons (Fsp3) is 0.302. The van der Waals surface area contributed by atoms with Crippen molar-refractivity contribution in [3.05, 3.63) is 155 Å². The van der Waals surface area contributed by atoms with Gasteiger partial charge in [0.05, 0.1) is 59.9 Å². The van der Waals surface area contributed by atoms with E-state index in [1.54, 1.807) is 0 Å². The maximum Gasteiger partial charge on any atom is 0.203 e. The quantitative estimate of drug-likeness (QED) is 0.104. The Morgan fingerprint density at radius 2 is 0.962 bits per heavy atom. The Bertz CT molecular complexity index is 1790. The summed E-state index contributed by atoms with van der Waals surface area (Å²) in [5, 5.41) is 11.7. The predicted molar refractivity (Wildman–Crippen MR) is 197 cm³/mol. The third-order valence-electron chi connectivity index (χ3n) is 9.01. The molecule has 5 aromatic rings. The van der Waals surface area contributed by atoms with Gasteiger partial charge in [-0.3, -0.25) is 0 Å². The van der Waals surface area contributed by atoms with Crippen molar-refractivity contribution >= 4 is 0 Å². The Morgan fingerprint density at radius 3 is 1.42 bits per heavy atom. The molecule has 0 spiro atoms. The SMILES string of the molecule is COc1cc(O)c([C@H]2O[C@H](COCc3ccccc3)[C@@H](OCc3ccccc3)[C@H](OCc3ccccc3)[C@H]2OCc2ccccc2)c(OC)c1OC. The van der Waals surface area contributed by atoms with Crippen molar-refractivity contribution in [2.45, 2.75) is 56.9 Å². The lowest BCUT2D eigenvalue weighted by Crippen LogP contribution is -2.58. The molecule has 1 aliphatic rings. The van der Waals surface area contributed by atoms with Crippen LogP contribution >= 0.6 is 0 Å². The summed E-state index contributed by atoms with van der Waals surface area (Å²) in [6.45, 7) is 1.36. The van der Waals surface area contributed by atoms with Gasteiger partial charge in [-0.2, -0.15) is 0 Å². The van der Waals surface area contributed by atoms with Gasteiger partial charge in [-0.05, 0) is 22.3 Å². The summed E-state index contributed by atoms with van der Waals surface area (Å²) in [5.41, 5.74) is 4.30. The molecule has 0 radical (unpaired) electrons. The van der Waals surface area contributed by atoms with Crippen molar-refractivity contribution in [2.75, 3.05) is 27.9 Å². The molecule has 0 bridgehead atoms. The molecule has 52 heavy (non-hydrogen) atoms. The average molecular weight is 707 g/mol. The standard InChI is InChI=1S/C43H46O9/c1-45-35-24-34(44)37(40(47-3)38(35)46-2)41-43(51-28-33-22-14-7-15-23-33)42(50-27-32-20-12-6-13-21-32)39(49-26-31-18-10-5-11-19-31)36(52-41)29-48-25-30-16-8-4-9-17-30/h4-24,36,39,41-44H,25-29H2,1-3H3/t36-,39-,41-,42+,43+/m1/s1. The number of phenols is 1. The van der Waals surface area contributed by atoms with Gasteiger partial charge in [0.2, 0.25) is 5.75 Å². The van der Waals surface area contributed by atoms with Crippen LogP contribution in [0.3, 0.4) is 0 Å². The van der Waals surface area contributed by atoms with E-state index < -0.39 is 30.5 Å². The highest BCUT2D eigenvalue weighted by Crippen LogP contribution is 2.51. The second kappa shape index (κ2) is 18.5. The topological polar surface area (TPSA) is 94.1 Å². The first kappa shape index (κ1) is 36.9. The van der Waals surface area contributed by atoms with Gasteiger partial charge in [-0.25, -0.2) is 0 Å². The highest BCUT2D eigenvalue weighted by Gasteiger charge is 2.51. The number of phenolic OH excluding ortho intramolecular Hbond substituents is 1. The van der Waals surface area contributed by atoms with Gasteiger partial charge in [0, 0.05) is 6.07 Å². The van der Waals surface area contributed by atoms with Crippen LogP contribution in [0.25, 0.3) is 0 Å². The molecule has 1 saturated heterocycles. The first-order valence-corrected chi connectivity index (χ1v) is 17.3. The van der Waals surface area contributed by atoms with Crippen LogP contribution < -0.4 is 14.2 Å². The molecule has 272 valence electrons. The lowest BCUT2D eigenvalue weighted by Gasteiger charge is -2.46. The summed E-state index contributed by atoms with van der Waals surface area (Å²) in [5.74, 6) is 0.764. The molecule has 0 amide bonds. The Labute approximate surface area is 305 Å². The minimum absolute atomic E-state index is 0.109. The van der Waals surface area contributed by atoms with Crippen LogP contribution in [0.2, 0.25) is 0 Å². The predicted octanol–water partition coefficient (Wildman–Crippen LogP) is 7.83. The molecule has 6 rings (SSSR count). The summed E-state index contributed by atoms with van der Waals surface area (Å²) in [4.78, 5) is 0. The van der Waals surface area contributed by atoms with Crippen molar-refractivity contribution in [1.82, 2.24) is 0 Å². The zero-order valence-electron chi connectivity index (χ0n) is 29.8. The van der Waals surface area contributed by atoms with E-state index in [2.05, 4.69) is 0 Å². The molecule has 1 aliphatic heterocycles. The van der Waals surface area contributed by atoms with E-state index in [1.807, 2.05) is 121 Å². The summed E-state index contributed by atoms with van der Waals surface area (Å²) < 4.78 is 51.0. The van der Waals surface area contributed by atoms with Crippen molar-refractivity contribution < 1.29 is 43.0 Å². The molecule has 9 nitrogen and oxygen atoms in total. The molecule has 0 saturated carbocycles. The van der Waals surface area contributed by atoms with Crippen LogP contribution in [0, 0.1) is 0 Å². The van der Waals surface area contributed by atoms with E-state index >= 15 is 0 Å². The molecule has 1 N–H and O–H groups in total. The maximum atomic E-state index is 11.7. The first-order chi connectivity index (χ1) is 25.6. The van der Waals surface area contributed by atoms with Crippen molar-refractivity contribution in [1.29, 1.82) is 0 Å². The van der Waals surface area contributed by atoms with E-state index in [9.17, 15) is 5.11 Å². The number of aromatic hydroxyl groups is 1. The van der Waals surface area contributed by atoms with E-state index in [-0.39, 0.29) is 31.3 Å². The lowest BCUT2D eigenvalue weighted by atomic mass is 9.89. The molecule has 5 aromatic carbocycles. The molecule has 9 heteroatoms. The molecule has 1 heterocycles. The second-order valence-electron chi connectivity index (χ2n) is 12.5. The van der Waals surface area contributed by atoms with E-state index in [1.165, 1.54) is 27.4 Å². The Hall–Kier alpha value is -4.90. The van der Waals surface area contributed by atoms with Gasteiger partial charge >= 0.3 is 0 Å². The number of rotatable bonds is 17. The van der Waals surface area contributed by atoms with E-state index in [0.717, 1.165) is 22.3 Å². The van der Waals surface area contributed by atoms with Gasteiger partial charge in [0.1, 0.15) is 36.3 Å². The molecule has 0 unspecified atom stereocenters. The van der Waals surface area contributed by atoms with E-state index in [4.69, 9.17) is 37.9 Å². The van der Waals surface area contributed by atoms with E-state index in [0.29, 0.717) is 30.3 Å². The zero-order chi connectivity index (χ0) is 36.1. The van der Waals surface area contributed by atoms with Gasteiger partial charge in [0.15, 0.2) is 11.5 Å². The summed E-state index contributed by atoms with van der Waals surface area (Å²) in [7, 11) is 4.53. The van der Waals surface area contributed by atoms with Crippen molar-refractivity contribution in [3.63, 3.8) is 0 Å². The van der Waals surface area contributed by atoms with Crippen LogP contribution in [0.5, 0.6) is 23.0 Å². The van der Waals surface area contributed by atoms with Gasteiger partial charge in [-0.1, -0.05) is 121 Å². The van der Waals surface area contributed by atoms with Crippen LogP contribution in [0.1, 0.15) is 33.9 Å². The van der Waals surface area contributed by atoms with Crippen LogP contribution in [0.4, 0.5) is 0 Å². The van der Waals surface area contributed by atoms with Crippen LogP contribution in [-0.2, 0) is 50.1 Å². The number of benzene rings is 5. The highest BCUT2D eigenvalue weighted by molar-refractivity contribution is 5.62. The lowest BCUT2D eigenvalue weighted by molar-refractivity contribution is -0.275. The van der Waals surface area contributed by atoms with Crippen molar-refractivity contribution in [2.24, 2.45) is 0 Å². The molecule has 5 atom stereocenters. The van der Waals surface area contributed by atoms with Gasteiger partial charge < -0.3 is 43.0 Å². The fourth-order valence-corrected chi connectivity index (χ4v) is 6.46. The van der Waals surface area contributed by atoms with Crippen LogP contribution in [-0.4, -0.2) is 57.5 Å². The minimum atomic E-state index is -0.916. The molecular formula is C43H46O9. The smallest absolute Gasteiger partial charge is 0.203 e. The first-order valence-electron chi connectivity index (χ1n) is 17.3. The number of methoxy groups -OCH3 is 3. The third kappa shape index (κ3) is 9.11. The zero-order valence-corrected chi connectivity index (χ0v) is 29.8. The van der Waals surface area contributed by atoms with Crippen molar-refractivity contribution in [3.8, 4) is 23.0 Å². The summed E-state index contributed by atoms with van der Waals surface area (Å²) >= 11 is 0. The monoisotopic (exact) mass is 706 g/mol. The van der Waals surface area contributed by atoms with Crippen LogP contribution in [0.15, 0.2) is 127 Å². The number of ether oxygens (including phenoxy) is 8. The Balaban J connectivity index is 1.44. The fourth-order valence-electron chi connectivity index (χ4n) is 6.46. The molecular weight excluding hydrogens is 660 g/mol. The van der Waals surface area contributed by atoms with Gasteiger partial charge in [0.25, 0.3) is 0 Å². The normalized spacial score (nSPS) is 19.9. The second-order valence-corrected chi connectivity index (χ2v) is 12.5. The number of hydrogen-bond donors (Lipinski definition) is 1. The van der Waals surface area contributed by atoms with Gasteiger partial charge in [-0.15, -0.1) is 0 Å². The largest absolute Gasteiger partial charge is 0.507 e. The molecule has 1 fully saturated rings. The summed E-state index contributed by atoms with van der Waals surface area (Å²) in [6.07, 6.45) is -3.72. The minimum Gasteiger partial charge on any atom is -0.507 e. The average Bonchev–Trinajstić information content (AvgIpc) is 3.20.